The van der Waals surface area contributed by atoms with Gasteiger partial charge in [0.2, 0.25) is 0 Å². The first-order valence-corrected chi connectivity index (χ1v) is 8.99. The lowest BCUT2D eigenvalue weighted by molar-refractivity contribution is -0.138. The zero-order valence-corrected chi connectivity index (χ0v) is 18.3. The number of ether oxygens (including phenoxy) is 1. The van der Waals surface area contributed by atoms with Gasteiger partial charge in [-0.3, -0.25) is 0 Å². The van der Waals surface area contributed by atoms with Gasteiger partial charge in [0, 0.05) is 24.5 Å². The lowest BCUT2D eigenvalue weighted by Crippen LogP contribution is -2.36. The zero-order chi connectivity index (χ0) is 20.1. The number of hydrogen-bond donors (Lipinski definition) is 2. The van der Waals surface area contributed by atoms with Gasteiger partial charge >= 0.3 is 6.18 Å². The van der Waals surface area contributed by atoms with Gasteiger partial charge in [0.1, 0.15) is 0 Å². The molecular formula is C20H24F3IN4O. The highest BCUT2D eigenvalue weighted by atomic mass is 127. The summed E-state index contributed by atoms with van der Waals surface area (Å²) in [6.07, 6.45) is -4.47. The quantitative estimate of drug-likeness (QED) is 0.357. The second kappa shape index (κ2) is 10.1. The molecule has 0 atom stereocenters. The Morgan fingerprint density at radius 1 is 1.14 bits per heavy atom. The Bertz CT molecular complexity index is 835. The van der Waals surface area contributed by atoms with E-state index >= 15 is 0 Å². The summed E-state index contributed by atoms with van der Waals surface area (Å²) >= 11 is 0. The second-order valence-electron chi connectivity index (χ2n) is 6.63. The number of nitrogens with two attached hydrogens (primary N) is 1. The molecule has 3 rings (SSSR count). The van der Waals surface area contributed by atoms with Crippen molar-refractivity contribution < 1.29 is 17.9 Å². The highest BCUT2D eigenvalue weighted by molar-refractivity contribution is 14.0. The molecule has 9 heteroatoms. The summed E-state index contributed by atoms with van der Waals surface area (Å²) in [4.78, 5) is 5.97. The number of alkyl halides is 3. The number of benzene rings is 2. The van der Waals surface area contributed by atoms with Crippen molar-refractivity contribution in [2.75, 3.05) is 36.5 Å². The maximum absolute atomic E-state index is 13.6. The van der Waals surface area contributed by atoms with E-state index in [1.807, 2.05) is 36.1 Å². The molecule has 2 aromatic carbocycles. The van der Waals surface area contributed by atoms with Crippen LogP contribution in [0.5, 0.6) is 0 Å². The van der Waals surface area contributed by atoms with E-state index in [1.54, 1.807) is 6.07 Å². The van der Waals surface area contributed by atoms with E-state index in [9.17, 15) is 13.2 Å². The predicted molar refractivity (Wildman–Crippen MR) is 120 cm³/mol. The topological polar surface area (TPSA) is 62.9 Å². The smallest absolute Gasteiger partial charge is 0.378 e. The molecule has 158 valence electrons. The molecule has 1 aliphatic rings. The van der Waals surface area contributed by atoms with Crippen molar-refractivity contribution in [2.45, 2.75) is 19.6 Å². The molecule has 0 aromatic heterocycles. The zero-order valence-electron chi connectivity index (χ0n) is 16.0. The summed E-state index contributed by atoms with van der Waals surface area (Å²) in [7, 11) is 0. The van der Waals surface area contributed by atoms with Gasteiger partial charge in [0.15, 0.2) is 5.96 Å². The average Bonchev–Trinajstić information content (AvgIpc) is 2.68. The fourth-order valence-corrected chi connectivity index (χ4v) is 2.98. The third-order valence-electron chi connectivity index (χ3n) is 4.52. The van der Waals surface area contributed by atoms with Gasteiger partial charge in [0.25, 0.3) is 0 Å². The molecule has 1 aliphatic heterocycles. The number of guanidine groups is 1. The number of hydrogen-bond acceptors (Lipinski definition) is 3. The molecule has 1 heterocycles. The van der Waals surface area contributed by atoms with E-state index in [4.69, 9.17) is 10.5 Å². The van der Waals surface area contributed by atoms with Crippen LogP contribution in [0.15, 0.2) is 47.5 Å². The number of aliphatic imine (C=N–C) groups is 1. The summed E-state index contributed by atoms with van der Waals surface area (Å²) in [5.74, 6) is 0.0641. The molecule has 0 radical (unpaired) electrons. The minimum Gasteiger partial charge on any atom is -0.378 e. The second-order valence-corrected chi connectivity index (χ2v) is 6.63. The number of morpholine rings is 1. The fraction of sp³-hybridized carbons (Fsp3) is 0.350. The number of halogens is 4. The van der Waals surface area contributed by atoms with Crippen LogP contribution in [0.2, 0.25) is 0 Å². The Morgan fingerprint density at radius 2 is 1.79 bits per heavy atom. The summed E-state index contributed by atoms with van der Waals surface area (Å²) in [6, 6.07) is 11.8. The van der Waals surface area contributed by atoms with Crippen LogP contribution >= 0.6 is 24.0 Å². The van der Waals surface area contributed by atoms with Crippen molar-refractivity contribution in [2.24, 2.45) is 10.7 Å². The first-order chi connectivity index (χ1) is 13.3. The van der Waals surface area contributed by atoms with Gasteiger partial charge in [-0.2, -0.15) is 13.2 Å². The monoisotopic (exact) mass is 520 g/mol. The van der Waals surface area contributed by atoms with Crippen LogP contribution in [0.3, 0.4) is 0 Å². The Hall–Kier alpha value is -2.01. The number of rotatable bonds is 4. The molecule has 3 N–H and O–H groups in total. The van der Waals surface area contributed by atoms with Gasteiger partial charge in [0.05, 0.1) is 25.3 Å². The standard InChI is InChI=1S/C20H23F3N4O.HI/c1-14-2-5-16(6-3-14)26-19(24)25-13-15-4-7-17(12-18(15)20(21,22)23)27-8-10-28-11-9-27;/h2-7,12H,8-11,13H2,1H3,(H3,24,25,26);1H. The molecule has 0 amide bonds. The molecule has 2 aromatic rings. The van der Waals surface area contributed by atoms with E-state index in [1.165, 1.54) is 12.1 Å². The summed E-state index contributed by atoms with van der Waals surface area (Å²) < 4.78 is 46.0. The molecular weight excluding hydrogens is 496 g/mol. The number of nitrogens with zero attached hydrogens (tertiary/aromatic N) is 2. The molecule has 1 fully saturated rings. The van der Waals surface area contributed by atoms with Gasteiger partial charge in [-0.15, -0.1) is 24.0 Å². The van der Waals surface area contributed by atoms with Crippen molar-refractivity contribution in [1.82, 2.24) is 0 Å². The molecule has 5 nitrogen and oxygen atoms in total. The maximum atomic E-state index is 13.6. The molecule has 1 saturated heterocycles. The Morgan fingerprint density at radius 3 is 2.41 bits per heavy atom. The minimum atomic E-state index is -4.47. The van der Waals surface area contributed by atoms with Gasteiger partial charge < -0.3 is 20.7 Å². The molecule has 0 saturated carbocycles. The van der Waals surface area contributed by atoms with Gasteiger partial charge in [-0.1, -0.05) is 23.8 Å². The SMILES string of the molecule is Cc1ccc(NC(N)=NCc2ccc(N3CCOCC3)cc2C(F)(F)F)cc1.I. The third kappa shape index (κ3) is 6.49. The molecule has 0 aliphatic carbocycles. The number of nitrogens with one attached hydrogen (secondary N) is 1. The van der Waals surface area contributed by atoms with Crippen LogP contribution in [0.1, 0.15) is 16.7 Å². The van der Waals surface area contributed by atoms with Crippen LogP contribution in [-0.2, 0) is 17.5 Å². The van der Waals surface area contributed by atoms with E-state index in [0.29, 0.717) is 32.0 Å². The lowest BCUT2D eigenvalue weighted by atomic mass is 10.1. The first kappa shape index (κ1) is 23.3. The maximum Gasteiger partial charge on any atom is 0.416 e. The van der Waals surface area contributed by atoms with Crippen LogP contribution in [0.25, 0.3) is 0 Å². The van der Waals surface area contributed by atoms with Crippen LogP contribution in [-0.4, -0.2) is 32.3 Å². The first-order valence-electron chi connectivity index (χ1n) is 8.99. The normalized spacial score (nSPS) is 15.0. The van der Waals surface area contributed by atoms with E-state index in [-0.39, 0.29) is 42.0 Å². The molecule has 0 unspecified atom stereocenters. The van der Waals surface area contributed by atoms with Crippen molar-refractivity contribution in [3.05, 3.63) is 59.2 Å². The van der Waals surface area contributed by atoms with Crippen molar-refractivity contribution in [1.29, 1.82) is 0 Å². The Balaban J connectivity index is 0.00000300. The highest BCUT2D eigenvalue weighted by Gasteiger charge is 2.34. The number of aryl methyl sites for hydroxylation is 1. The summed E-state index contributed by atoms with van der Waals surface area (Å²) in [5.41, 5.74) is 7.58. The number of anilines is 2. The van der Waals surface area contributed by atoms with Crippen molar-refractivity contribution in [3.63, 3.8) is 0 Å². The summed E-state index contributed by atoms with van der Waals surface area (Å²) in [6.45, 7) is 3.96. The van der Waals surface area contributed by atoms with Gasteiger partial charge in [-0.05, 0) is 36.8 Å². The van der Waals surface area contributed by atoms with Crippen LogP contribution in [0.4, 0.5) is 24.5 Å². The lowest BCUT2D eigenvalue weighted by Gasteiger charge is -2.29. The van der Waals surface area contributed by atoms with Crippen molar-refractivity contribution in [3.8, 4) is 0 Å². The van der Waals surface area contributed by atoms with Gasteiger partial charge in [-0.25, -0.2) is 4.99 Å². The third-order valence-corrected chi connectivity index (χ3v) is 4.52. The van der Waals surface area contributed by atoms with E-state index in [2.05, 4.69) is 10.3 Å². The van der Waals surface area contributed by atoms with E-state index in [0.717, 1.165) is 11.3 Å². The Kier molecular flexibility index (Phi) is 8.14. The molecule has 29 heavy (non-hydrogen) atoms. The average molecular weight is 520 g/mol. The Labute approximate surface area is 185 Å². The highest BCUT2D eigenvalue weighted by Crippen LogP contribution is 2.35. The predicted octanol–water partition coefficient (Wildman–Crippen LogP) is 4.40. The largest absolute Gasteiger partial charge is 0.416 e. The van der Waals surface area contributed by atoms with Crippen LogP contribution < -0.4 is 16.0 Å². The van der Waals surface area contributed by atoms with Crippen LogP contribution in [0, 0.1) is 6.92 Å². The molecule has 0 spiro atoms. The van der Waals surface area contributed by atoms with Crippen molar-refractivity contribution >= 4 is 41.3 Å². The minimum absolute atomic E-state index is 0. The molecule has 0 bridgehead atoms. The van der Waals surface area contributed by atoms with E-state index < -0.39 is 11.7 Å². The fourth-order valence-electron chi connectivity index (χ4n) is 2.98. The summed E-state index contributed by atoms with van der Waals surface area (Å²) in [5, 5.41) is 2.89.